The summed E-state index contributed by atoms with van der Waals surface area (Å²) in [6.45, 7) is 0. The summed E-state index contributed by atoms with van der Waals surface area (Å²) in [6.07, 6.45) is 5.73. The number of carbonyl (C=O) groups excluding carboxylic acids is 1. The normalized spacial score (nSPS) is 11.9. The third-order valence-electron chi connectivity index (χ3n) is 2.52. The molecule has 0 atom stereocenters. The number of rotatable bonds is 7. The second-order valence-electron chi connectivity index (χ2n) is 3.90. The van der Waals surface area contributed by atoms with Crippen molar-refractivity contribution in [3.63, 3.8) is 0 Å². The van der Waals surface area contributed by atoms with E-state index in [1.165, 1.54) is 14.2 Å². The Morgan fingerprint density at radius 1 is 1.25 bits per heavy atom. The number of amides is 1. The summed E-state index contributed by atoms with van der Waals surface area (Å²) < 4.78 is 5.14. The molecule has 6 nitrogen and oxygen atoms in total. The van der Waals surface area contributed by atoms with E-state index in [2.05, 4.69) is 10.3 Å². The van der Waals surface area contributed by atoms with Crippen molar-refractivity contribution in [3.8, 4) is 5.75 Å². The van der Waals surface area contributed by atoms with Gasteiger partial charge >= 0.3 is 0 Å². The van der Waals surface area contributed by atoms with Crippen LogP contribution in [0.4, 0.5) is 0 Å². The van der Waals surface area contributed by atoms with Crippen molar-refractivity contribution in [3.05, 3.63) is 35.4 Å². The van der Waals surface area contributed by atoms with E-state index >= 15 is 0 Å². The molecular formula is C14H17N3O3. The first-order chi connectivity index (χ1) is 9.64. The summed E-state index contributed by atoms with van der Waals surface area (Å²) in [7, 11) is 2.87. The maximum absolute atomic E-state index is 11.7. The number of hydrogen-bond acceptors (Lipinski definition) is 5. The third-order valence-corrected chi connectivity index (χ3v) is 2.52. The number of allylic oxidation sites excluding steroid dienone is 1. The fraction of sp³-hybridized carbons (Fsp3) is 0.214. The highest BCUT2D eigenvalue weighted by atomic mass is 16.6. The minimum absolute atomic E-state index is 0.363. The van der Waals surface area contributed by atoms with E-state index in [1.54, 1.807) is 30.4 Å². The van der Waals surface area contributed by atoms with Gasteiger partial charge in [0.1, 0.15) is 5.75 Å². The predicted octanol–water partition coefficient (Wildman–Crippen LogP) is 1.91. The van der Waals surface area contributed by atoms with Gasteiger partial charge in [0.05, 0.1) is 14.2 Å². The number of methoxy groups -OCH3 is 1. The van der Waals surface area contributed by atoms with Crippen LogP contribution in [-0.4, -0.2) is 32.6 Å². The monoisotopic (exact) mass is 275 g/mol. The van der Waals surface area contributed by atoms with E-state index in [9.17, 15) is 4.79 Å². The Morgan fingerprint density at radius 2 is 1.95 bits per heavy atom. The number of carbonyl (C=O) groups is 1. The summed E-state index contributed by atoms with van der Waals surface area (Å²) in [5.41, 5.74) is 3.37. The highest BCUT2D eigenvalue weighted by Crippen LogP contribution is 2.18. The van der Waals surface area contributed by atoms with Gasteiger partial charge in [0.2, 0.25) is 0 Å². The van der Waals surface area contributed by atoms with Gasteiger partial charge in [0.25, 0.3) is 5.91 Å². The van der Waals surface area contributed by atoms with Crippen LogP contribution in [0.15, 0.2) is 24.3 Å². The molecule has 0 saturated carbocycles. The Balaban J connectivity index is 3.07. The molecule has 1 rings (SSSR count). The molecule has 0 radical (unpaired) electrons. The molecule has 1 amide bonds. The predicted molar refractivity (Wildman–Crippen MR) is 77.6 cm³/mol. The van der Waals surface area contributed by atoms with E-state index in [-0.39, 0.29) is 11.8 Å². The zero-order valence-electron chi connectivity index (χ0n) is 11.3. The van der Waals surface area contributed by atoms with E-state index in [0.717, 1.165) is 18.0 Å². The van der Waals surface area contributed by atoms with Crippen LogP contribution in [0.25, 0.3) is 6.08 Å². The van der Waals surface area contributed by atoms with Gasteiger partial charge in [0.15, 0.2) is 0 Å². The average Bonchev–Trinajstić information content (AvgIpc) is 2.48. The van der Waals surface area contributed by atoms with E-state index < -0.39 is 0 Å². The largest absolute Gasteiger partial charge is 0.497 e. The van der Waals surface area contributed by atoms with Gasteiger partial charge in [-0.1, -0.05) is 12.2 Å². The van der Waals surface area contributed by atoms with Crippen LogP contribution in [0.2, 0.25) is 0 Å². The molecule has 20 heavy (non-hydrogen) atoms. The Labute approximate surface area is 117 Å². The smallest absolute Gasteiger partial charge is 0.274 e. The molecule has 0 aliphatic carbocycles. The molecule has 0 bridgehead atoms. The van der Waals surface area contributed by atoms with Crippen molar-refractivity contribution in [1.29, 1.82) is 10.8 Å². The fourth-order valence-electron chi connectivity index (χ4n) is 1.50. The summed E-state index contributed by atoms with van der Waals surface area (Å²) in [5.74, 6) is -0.205. The molecule has 0 fully saturated rings. The van der Waals surface area contributed by atoms with Crippen molar-refractivity contribution >= 4 is 24.4 Å². The number of hydrogen-bond donors (Lipinski definition) is 3. The van der Waals surface area contributed by atoms with E-state index in [1.807, 2.05) is 0 Å². The van der Waals surface area contributed by atoms with Crippen LogP contribution in [-0.2, 0) is 4.84 Å². The van der Waals surface area contributed by atoms with Gasteiger partial charge in [0, 0.05) is 23.9 Å². The van der Waals surface area contributed by atoms with Crippen LogP contribution >= 0.6 is 0 Å². The number of ether oxygens (including phenoxy) is 1. The Bertz CT molecular complexity index is 518. The standard InChI is InChI=1S/C14H17N3O3/c1-19-13-6-10(3-4-11(8-15)9-16)5-12(7-13)14(18)17-20-2/h3-9,11,15-16H,1-2H3,(H,17,18)/b4-3+,15-8?,16-9?. The zero-order valence-corrected chi connectivity index (χ0v) is 11.3. The van der Waals surface area contributed by atoms with Crippen molar-refractivity contribution in [2.75, 3.05) is 14.2 Å². The van der Waals surface area contributed by atoms with Crippen molar-refractivity contribution in [2.24, 2.45) is 5.92 Å². The molecule has 0 saturated heterocycles. The molecule has 0 spiro atoms. The third kappa shape index (κ3) is 4.33. The Morgan fingerprint density at radius 3 is 2.50 bits per heavy atom. The summed E-state index contributed by atoms with van der Waals surface area (Å²) >= 11 is 0. The summed E-state index contributed by atoms with van der Waals surface area (Å²) in [6, 6.07) is 5.01. The molecular weight excluding hydrogens is 258 g/mol. The van der Waals surface area contributed by atoms with Crippen LogP contribution in [0.5, 0.6) is 5.75 Å². The Hall–Kier alpha value is -2.47. The van der Waals surface area contributed by atoms with Crippen LogP contribution in [0.1, 0.15) is 15.9 Å². The van der Waals surface area contributed by atoms with Crippen molar-refractivity contribution in [2.45, 2.75) is 0 Å². The van der Waals surface area contributed by atoms with Gasteiger partial charge in [-0.15, -0.1) is 0 Å². The fourth-order valence-corrected chi connectivity index (χ4v) is 1.50. The van der Waals surface area contributed by atoms with Crippen LogP contribution in [0.3, 0.4) is 0 Å². The maximum Gasteiger partial charge on any atom is 0.274 e. The summed E-state index contributed by atoms with van der Waals surface area (Å²) in [5, 5.41) is 14.3. The molecule has 6 heteroatoms. The molecule has 0 aromatic heterocycles. The molecule has 0 aliphatic heterocycles. The van der Waals surface area contributed by atoms with E-state index in [0.29, 0.717) is 11.3 Å². The quantitative estimate of drug-likeness (QED) is 0.524. The molecule has 0 unspecified atom stereocenters. The van der Waals surface area contributed by atoms with Gasteiger partial charge in [-0.05, 0) is 23.8 Å². The first-order valence-electron chi connectivity index (χ1n) is 5.86. The minimum Gasteiger partial charge on any atom is -0.497 e. The van der Waals surface area contributed by atoms with Crippen LogP contribution in [0, 0.1) is 16.7 Å². The van der Waals surface area contributed by atoms with Gasteiger partial charge in [-0.3, -0.25) is 9.63 Å². The van der Waals surface area contributed by atoms with Gasteiger partial charge in [-0.2, -0.15) is 0 Å². The SMILES string of the molecule is CONC(=O)c1cc(/C=C/C(C=N)C=N)cc(OC)c1. The average molecular weight is 275 g/mol. The first kappa shape index (κ1) is 15.6. The van der Waals surface area contributed by atoms with Crippen molar-refractivity contribution in [1.82, 2.24) is 5.48 Å². The lowest BCUT2D eigenvalue weighted by Gasteiger charge is -2.07. The number of benzene rings is 1. The molecule has 106 valence electrons. The lowest BCUT2D eigenvalue weighted by atomic mass is 10.1. The second-order valence-corrected chi connectivity index (χ2v) is 3.90. The highest BCUT2D eigenvalue weighted by Gasteiger charge is 2.08. The molecule has 1 aromatic carbocycles. The molecule has 0 heterocycles. The first-order valence-corrected chi connectivity index (χ1v) is 5.86. The summed E-state index contributed by atoms with van der Waals surface area (Å²) in [4.78, 5) is 16.3. The van der Waals surface area contributed by atoms with Gasteiger partial charge < -0.3 is 15.6 Å². The van der Waals surface area contributed by atoms with Crippen LogP contribution < -0.4 is 10.2 Å². The second kappa shape index (κ2) is 7.85. The lowest BCUT2D eigenvalue weighted by molar-refractivity contribution is 0.0537. The molecule has 0 aliphatic rings. The van der Waals surface area contributed by atoms with Gasteiger partial charge in [-0.25, -0.2) is 5.48 Å². The highest BCUT2D eigenvalue weighted by molar-refractivity contribution is 5.94. The van der Waals surface area contributed by atoms with Crippen molar-refractivity contribution < 1.29 is 14.4 Å². The number of nitrogens with one attached hydrogen (secondary N) is 3. The maximum atomic E-state index is 11.7. The Kier molecular flexibility index (Phi) is 6.12. The number of hydroxylamine groups is 1. The molecule has 3 N–H and O–H groups in total. The zero-order chi connectivity index (χ0) is 15.0. The topological polar surface area (TPSA) is 95.3 Å². The molecule has 1 aromatic rings. The van der Waals surface area contributed by atoms with E-state index in [4.69, 9.17) is 15.6 Å². The lowest BCUT2D eigenvalue weighted by Crippen LogP contribution is -2.21. The minimum atomic E-state index is -0.378.